The number of carbonyl (C=O) groups excluding carboxylic acids is 1. The third kappa shape index (κ3) is 3.88. The summed E-state index contributed by atoms with van der Waals surface area (Å²) in [6.07, 6.45) is 7.59. The predicted molar refractivity (Wildman–Crippen MR) is 92.8 cm³/mol. The van der Waals surface area contributed by atoms with Crippen molar-refractivity contribution in [3.63, 3.8) is 0 Å². The molecule has 2 aliphatic rings. The summed E-state index contributed by atoms with van der Waals surface area (Å²) in [7, 11) is 0. The molecule has 23 heavy (non-hydrogen) atoms. The molecule has 2 atom stereocenters. The zero-order valence-corrected chi connectivity index (χ0v) is 14.5. The maximum absolute atomic E-state index is 12.8. The zero-order valence-electron chi connectivity index (χ0n) is 14.5. The maximum atomic E-state index is 12.8. The highest BCUT2D eigenvalue weighted by Crippen LogP contribution is 2.26. The van der Waals surface area contributed by atoms with Crippen LogP contribution in [-0.2, 0) is 17.6 Å². The molecular weight excluding hydrogens is 286 g/mol. The van der Waals surface area contributed by atoms with E-state index in [1.165, 1.54) is 36.8 Å². The van der Waals surface area contributed by atoms with Crippen LogP contribution in [0, 0.1) is 5.92 Å². The molecule has 126 valence electrons. The van der Waals surface area contributed by atoms with E-state index in [9.17, 15) is 4.79 Å². The van der Waals surface area contributed by atoms with Crippen molar-refractivity contribution in [2.24, 2.45) is 5.92 Å². The third-order valence-electron chi connectivity index (χ3n) is 5.21. The minimum Gasteiger partial charge on any atom is -0.481 e. The fourth-order valence-corrected chi connectivity index (χ4v) is 3.85. The summed E-state index contributed by atoms with van der Waals surface area (Å²) in [4.78, 5) is 14.8. The van der Waals surface area contributed by atoms with Gasteiger partial charge in [0.05, 0.1) is 0 Å². The lowest BCUT2D eigenvalue weighted by Gasteiger charge is -2.33. The number of rotatable bonds is 4. The largest absolute Gasteiger partial charge is 0.481 e. The van der Waals surface area contributed by atoms with Crippen LogP contribution in [0.3, 0.4) is 0 Å². The number of hydrogen-bond donors (Lipinski definition) is 0. The topological polar surface area (TPSA) is 29.5 Å². The first-order valence-corrected chi connectivity index (χ1v) is 9.24. The first-order chi connectivity index (χ1) is 11.2. The van der Waals surface area contributed by atoms with Crippen molar-refractivity contribution in [2.75, 3.05) is 13.1 Å². The summed E-state index contributed by atoms with van der Waals surface area (Å²) < 4.78 is 6.09. The van der Waals surface area contributed by atoms with Crippen LogP contribution in [0.2, 0.25) is 0 Å². The van der Waals surface area contributed by atoms with E-state index < -0.39 is 0 Å². The van der Waals surface area contributed by atoms with Gasteiger partial charge in [-0.15, -0.1) is 0 Å². The Morgan fingerprint density at radius 1 is 1.26 bits per heavy atom. The van der Waals surface area contributed by atoms with Gasteiger partial charge >= 0.3 is 0 Å². The fourth-order valence-electron chi connectivity index (χ4n) is 3.85. The van der Waals surface area contributed by atoms with Crippen molar-refractivity contribution >= 4 is 5.91 Å². The minimum atomic E-state index is -0.345. The SMILES string of the molecule is CC[C@H](Oc1ccc2c(c1)CCCC2)C(=O)N1CCC[C@H](C)C1. The van der Waals surface area contributed by atoms with E-state index in [2.05, 4.69) is 19.1 Å². The number of piperidine rings is 1. The van der Waals surface area contributed by atoms with Gasteiger partial charge in [0.1, 0.15) is 5.75 Å². The number of benzene rings is 1. The Hall–Kier alpha value is -1.51. The van der Waals surface area contributed by atoms with Crippen LogP contribution in [0.15, 0.2) is 18.2 Å². The van der Waals surface area contributed by atoms with E-state index in [-0.39, 0.29) is 12.0 Å². The second kappa shape index (κ2) is 7.37. The Morgan fingerprint density at radius 2 is 2.04 bits per heavy atom. The van der Waals surface area contributed by atoms with E-state index in [0.29, 0.717) is 5.92 Å². The number of aryl methyl sites for hydroxylation is 2. The molecule has 1 aromatic carbocycles. The maximum Gasteiger partial charge on any atom is 0.263 e. The first-order valence-electron chi connectivity index (χ1n) is 9.24. The molecule has 0 saturated carbocycles. The average Bonchev–Trinajstić information content (AvgIpc) is 2.59. The number of nitrogens with zero attached hydrogens (tertiary/aromatic N) is 1. The number of likely N-dealkylation sites (tertiary alicyclic amines) is 1. The molecule has 0 radical (unpaired) electrons. The number of ether oxygens (including phenoxy) is 1. The van der Waals surface area contributed by atoms with Crippen molar-refractivity contribution < 1.29 is 9.53 Å². The molecule has 0 aromatic heterocycles. The molecule has 1 fully saturated rings. The molecule has 3 heteroatoms. The van der Waals surface area contributed by atoms with E-state index in [1.54, 1.807) is 0 Å². The number of carbonyl (C=O) groups is 1. The van der Waals surface area contributed by atoms with Crippen molar-refractivity contribution in [2.45, 2.75) is 64.9 Å². The Labute approximate surface area is 140 Å². The Bertz CT molecular complexity index is 555. The minimum absolute atomic E-state index is 0.164. The second-order valence-electron chi connectivity index (χ2n) is 7.18. The lowest BCUT2D eigenvalue weighted by atomic mass is 9.92. The van der Waals surface area contributed by atoms with Gasteiger partial charge in [0, 0.05) is 13.1 Å². The van der Waals surface area contributed by atoms with Crippen LogP contribution < -0.4 is 4.74 Å². The molecule has 3 nitrogen and oxygen atoms in total. The van der Waals surface area contributed by atoms with E-state index in [4.69, 9.17) is 4.74 Å². The number of amides is 1. The highest BCUT2D eigenvalue weighted by molar-refractivity contribution is 5.81. The third-order valence-corrected chi connectivity index (χ3v) is 5.21. The van der Waals surface area contributed by atoms with Gasteiger partial charge in [-0.2, -0.15) is 0 Å². The van der Waals surface area contributed by atoms with Crippen LogP contribution in [0.25, 0.3) is 0 Å². The molecular formula is C20H29NO2. The van der Waals surface area contributed by atoms with Gasteiger partial charge in [0.25, 0.3) is 5.91 Å². The average molecular weight is 315 g/mol. The highest BCUT2D eigenvalue weighted by atomic mass is 16.5. The first kappa shape index (κ1) is 16.4. The van der Waals surface area contributed by atoms with Gasteiger partial charge in [-0.1, -0.05) is 19.9 Å². The van der Waals surface area contributed by atoms with Gasteiger partial charge in [0.15, 0.2) is 6.10 Å². The van der Waals surface area contributed by atoms with Gasteiger partial charge in [0.2, 0.25) is 0 Å². The van der Waals surface area contributed by atoms with Gasteiger partial charge in [-0.25, -0.2) is 0 Å². The second-order valence-corrected chi connectivity index (χ2v) is 7.18. The molecule has 0 spiro atoms. The molecule has 1 amide bonds. The van der Waals surface area contributed by atoms with Gasteiger partial charge in [-0.3, -0.25) is 4.79 Å². The smallest absolute Gasteiger partial charge is 0.263 e. The molecule has 1 heterocycles. The molecule has 1 aliphatic carbocycles. The van der Waals surface area contributed by atoms with Crippen molar-refractivity contribution in [3.05, 3.63) is 29.3 Å². The van der Waals surface area contributed by atoms with Crippen LogP contribution in [0.5, 0.6) is 5.75 Å². The van der Waals surface area contributed by atoms with E-state index in [0.717, 1.165) is 38.1 Å². The molecule has 0 N–H and O–H groups in total. The van der Waals surface area contributed by atoms with E-state index >= 15 is 0 Å². The van der Waals surface area contributed by atoms with Crippen LogP contribution in [0.1, 0.15) is 57.1 Å². The lowest BCUT2D eigenvalue weighted by Crippen LogP contribution is -2.46. The highest BCUT2D eigenvalue weighted by Gasteiger charge is 2.28. The van der Waals surface area contributed by atoms with E-state index in [1.807, 2.05) is 17.9 Å². The van der Waals surface area contributed by atoms with Gasteiger partial charge in [-0.05, 0) is 74.1 Å². The van der Waals surface area contributed by atoms with Crippen molar-refractivity contribution in [1.82, 2.24) is 4.90 Å². The number of hydrogen-bond acceptors (Lipinski definition) is 2. The molecule has 1 aliphatic heterocycles. The molecule has 1 aromatic rings. The Balaban J connectivity index is 1.68. The lowest BCUT2D eigenvalue weighted by molar-refractivity contribution is -0.140. The predicted octanol–water partition coefficient (Wildman–Crippen LogP) is 3.98. The van der Waals surface area contributed by atoms with Gasteiger partial charge < -0.3 is 9.64 Å². The fraction of sp³-hybridized carbons (Fsp3) is 0.650. The van der Waals surface area contributed by atoms with Crippen LogP contribution >= 0.6 is 0 Å². The Morgan fingerprint density at radius 3 is 2.78 bits per heavy atom. The summed E-state index contributed by atoms with van der Waals surface area (Å²) in [5, 5.41) is 0. The van der Waals surface area contributed by atoms with Crippen LogP contribution in [0.4, 0.5) is 0 Å². The molecule has 0 unspecified atom stereocenters. The Kier molecular flexibility index (Phi) is 5.24. The van der Waals surface area contributed by atoms with Crippen molar-refractivity contribution in [3.8, 4) is 5.75 Å². The quantitative estimate of drug-likeness (QED) is 0.841. The molecule has 1 saturated heterocycles. The monoisotopic (exact) mass is 315 g/mol. The molecule has 3 rings (SSSR count). The summed E-state index contributed by atoms with van der Waals surface area (Å²) in [5.74, 6) is 1.63. The number of fused-ring (bicyclic) bond motifs is 1. The summed E-state index contributed by atoms with van der Waals surface area (Å²) in [6.45, 7) is 6.02. The summed E-state index contributed by atoms with van der Waals surface area (Å²) in [5.41, 5.74) is 2.86. The van der Waals surface area contributed by atoms with Crippen molar-refractivity contribution in [1.29, 1.82) is 0 Å². The molecule has 0 bridgehead atoms. The summed E-state index contributed by atoms with van der Waals surface area (Å²) in [6, 6.07) is 6.38. The summed E-state index contributed by atoms with van der Waals surface area (Å²) >= 11 is 0. The zero-order chi connectivity index (χ0) is 16.2. The standard InChI is InChI=1S/C20H29NO2/c1-3-19(20(22)21-12-6-7-15(2)14-21)23-18-11-10-16-8-4-5-9-17(16)13-18/h10-11,13,15,19H,3-9,12,14H2,1-2H3/t15-,19-/m0/s1. The normalized spacial score (nSPS) is 22.3. The van der Waals surface area contributed by atoms with Crippen LogP contribution in [-0.4, -0.2) is 30.0 Å².